The van der Waals surface area contributed by atoms with Gasteiger partial charge in [0.2, 0.25) is 12.2 Å². The molecular weight excluding hydrogens is 248 g/mol. The summed E-state index contributed by atoms with van der Waals surface area (Å²) >= 11 is 0. The average molecular weight is 273 g/mol. The van der Waals surface area contributed by atoms with Crippen LogP contribution in [0.3, 0.4) is 0 Å². The molecule has 4 N–H and O–H groups in total. The van der Waals surface area contributed by atoms with Crippen LogP contribution in [0.25, 0.3) is 0 Å². The Morgan fingerprint density at radius 2 is 1.84 bits per heavy atom. The maximum atomic E-state index is 11.9. The minimum atomic E-state index is -1.08. The maximum absolute atomic E-state index is 11.9. The lowest BCUT2D eigenvalue weighted by molar-refractivity contribution is -0.126. The van der Waals surface area contributed by atoms with Crippen molar-refractivity contribution >= 4 is 12.2 Å². The molecule has 1 radical (unpaired) electrons. The van der Waals surface area contributed by atoms with E-state index in [1.807, 2.05) is 0 Å². The Bertz CT molecular complexity index is 269. The van der Waals surface area contributed by atoms with Crippen LogP contribution in [0, 0.1) is 0 Å². The normalized spacial score (nSPS) is 17.3. The molecule has 0 bridgehead atoms. The summed E-state index contributed by atoms with van der Waals surface area (Å²) in [6.07, 6.45) is 2.68. The molecular formula is C13H25N2O4. The second kappa shape index (κ2) is 9.89. The van der Waals surface area contributed by atoms with Gasteiger partial charge in [0.05, 0.1) is 12.2 Å². The fraction of sp³-hybridized carbons (Fsp3) is 0.846. The molecule has 6 heteroatoms. The lowest BCUT2D eigenvalue weighted by Crippen LogP contribution is -2.55. The van der Waals surface area contributed by atoms with E-state index in [9.17, 15) is 19.8 Å². The molecule has 0 spiro atoms. The molecule has 111 valence electrons. The van der Waals surface area contributed by atoms with Gasteiger partial charge in [-0.25, -0.2) is 0 Å². The molecule has 6 nitrogen and oxygen atoms in total. The first kappa shape index (κ1) is 18.0. The number of nitrogens with one attached hydrogen (secondary N) is 2. The van der Waals surface area contributed by atoms with Gasteiger partial charge in [-0.2, -0.15) is 0 Å². The van der Waals surface area contributed by atoms with E-state index in [-0.39, 0.29) is 0 Å². The Morgan fingerprint density at radius 1 is 1.21 bits per heavy atom. The summed E-state index contributed by atoms with van der Waals surface area (Å²) in [4.78, 5) is 22.5. The van der Waals surface area contributed by atoms with Crippen molar-refractivity contribution in [1.82, 2.24) is 10.6 Å². The second-order valence-corrected chi connectivity index (χ2v) is 4.72. The minimum absolute atomic E-state index is 0.513. The Labute approximate surface area is 114 Å². The van der Waals surface area contributed by atoms with Crippen LogP contribution in [-0.2, 0) is 9.59 Å². The average Bonchev–Trinajstić information content (AvgIpc) is 2.34. The number of hydrogen-bond donors (Lipinski definition) is 4. The SMILES string of the molecule is CCCCCNC(C(=O)NC([C]=O)C(C)O)C(C)O. The van der Waals surface area contributed by atoms with Crippen molar-refractivity contribution in [1.29, 1.82) is 0 Å². The van der Waals surface area contributed by atoms with Gasteiger partial charge in [0.15, 0.2) is 0 Å². The molecule has 0 aliphatic carbocycles. The van der Waals surface area contributed by atoms with Gasteiger partial charge in [-0.05, 0) is 26.8 Å². The highest BCUT2D eigenvalue weighted by Gasteiger charge is 2.26. The van der Waals surface area contributed by atoms with Crippen LogP contribution in [-0.4, -0.2) is 53.2 Å². The number of carbonyl (C=O) groups excluding carboxylic acids is 2. The third-order valence-electron chi connectivity index (χ3n) is 2.82. The molecule has 0 aliphatic heterocycles. The van der Waals surface area contributed by atoms with E-state index in [1.54, 1.807) is 6.29 Å². The largest absolute Gasteiger partial charge is 0.391 e. The molecule has 4 unspecified atom stereocenters. The van der Waals surface area contributed by atoms with Gasteiger partial charge < -0.3 is 20.8 Å². The molecule has 0 rings (SSSR count). The molecule has 1 amide bonds. The topological polar surface area (TPSA) is 98.7 Å². The minimum Gasteiger partial charge on any atom is -0.391 e. The zero-order valence-electron chi connectivity index (χ0n) is 11.8. The lowest BCUT2D eigenvalue weighted by atomic mass is 10.1. The molecule has 0 heterocycles. The third kappa shape index (κ3) is 7.25. The third-order valence-corrected chi connectivity index (χ3v) is 2.82. The van der Waals surface area contributed by atoms with Crippen molar-refractivity contribution in [2.45, 2.75) is 64.3 Å². The molecule has 0 saturated carbocycles. The number of aliphatic hydroxyl groups is 2. The monoisotopic (exact) mass is 273 g/mol. The second-order valence-electron chi connectivity index (χ2n) is 4.72. The van der Waals surface area contributed by atoms with Gasteiger partial charge in [-0.3, -0.25) is 9.59 Å². The van der Waals surface area contributed by atoms with Crippen LogP contribution >= 0.6 is 0 Å². The van der Waals surface area contributed by atoms with Crippen molar-refractivity contribution in [2.24, 2.45) is 0 Å². The molecule has 0 fully saturated rings. The van der Waals surface area contributed by atoms with Gasteiger partial charge in [-0.1, -0.05) is 19.8 Å². The van der Waals surface area contributed by atoms with E-state index in [0.29, 0.717) is 6.54 Å². The number of hydrogen-bond acceptors (Lipinski definition) is 5. The zero-order valence-corrected chi connectivity index (χ0v) is 11.8. The molecule has 0 aliphatic rings. The van der Waals surface area contributed by atoms with Crippen LogP contribution in [0.1, 0.15) is 40.0 Å². The Hall–Kier alpha value is -0.980. The van der Waals surface area contributed by atoms with E-state index in [4.69, 9.17) is 0 Å². The van der Waals surface area contributed by atoms with Crippen LogP contribution in [0.5, 0.6) is 0 Å². The summed E-state index contributed by atoms with van der Waals surface area (Å²) in [6.45, 7) is 5.58. The zero-order chi connectivity index (χ0) is 14.8. The van der Waals surface area contributed by atoms with Crippen LogP contribution < -0.4 is 10.6 Å². The number of aliphatic hydroxyl groups excluding tert-OH is 2. The predicted molar refractivity (Wildman–Crippen MR) is 72.3 cm³/mol. The van der Waals surface area contributed by atoms with Gasteiger partial charge in [0.25, 0.3) is 0 Å². The van der Waals surface area contributed by atoms with Gasteiger partial charge >= 0.3 is 0 Å². The Morgan fingerprint density at radius 3 is 2.26 bits per heavy atom. The highest BCUT2D eigenvalue weighted by atomic mass is 16.3. The molecule has 4 atom stereocenters. The smallest absolute Gasteiger partial charge is 0.240 e. The molecule has 0 saturated heterocycles. The van der Waals surface area contributed by atoms with Gasteiger partial charge in [0.1, 0.15) is 12.1 Å². The molecule has 0 aromatic rings. The highest BCUT2D eigenvalue weighted by Crippen LogP contribution is 1.98. The molecule has 0 aromatic carbocycles. The van der Waals surface area contributed by atoms with Gasteiger partial charge in [0, 0.05) is 0 Å². The summed E-state index contributed by atoms with van der Waals surface area (Å²) in [5.74, 6) is -0.513. The van der Waals surface area contributed by atoms with Crippen LogP contribution in [0.2, 0.25) is 0 Å². The number of carbonyl (C=O) groups is 1. The van der Waals surface area contributed by atoms with Crippen molar-refractivity contribution in [3.63, 3.8) is 0 Å². The van der Waals surface area contributed by atoms with Crippen LogP contribution in [0.15, 0.2) is 0 Å². The first-order chi connectivity index (χ1) is 8.93. The summed E-state index contributed by atoms with van der Waals surface area (Å²) in [5.41, 5.74) is 0. The van der Waals surface area contributed by atoms with Crippen molar-refractivity contribution < 1.29 is 19.8 Å². The summed E-state index contributed by atoms with van der Waals surface area (Å²) < 4.78 is 0. The molecule has 0 aromatic heterocycles. The van der Waals surface area contributed by atoms with E-state index < -0.39 is 30.2 Å². The summed E-state index contributed by atoms with van der Waals surface area (Å²) in [5, 5.41) is 24.1. The van der Waals surface area contributed by atoms with E-state index in [1.165, 1.54) is 13.8 Å². The number of unbranched alkanes of at least 4 members (excludes halogenated alkanes) is 2. The number of amides is 1. The van der Waals surface area contributed by atoms with Crippen molar-refractivity contribution in [3.05, 3.63) is 0 Å². The van der Waals surface area contributed by atoms with E-state index in [0.717, 1.165) is 19.3 Å². The molecule has 19 heavy (non-hydrogen) atoms. The first-order valence-corrected chi connectivity index (χ1v) is 6.71. The Balaban J connectivity index is 4.36. The predicted octanol–water partition coefficient (Wildman–Crippen LogP) is -0.509. The van der Waals surface area contributed by atoms with Crippen molar-refractivity contribution in [3.8, 4) is 0 Å². The standard InChI is InChI=1S/C13H25N2O4/c1-4-5-6-7-14-12(10(3)18)13(19)15-11(8-16)9(2)17/h9-12,14,17-18H,4-7H2,1-3H3,(H,15,19). The maximum Gasteiger partial charge on any atom is 0.240 e. The van der Waals surface area contributed by atoms with E-state index >= 15 is 0 Å². The van der Waals surface area contributed by atoms with Crippen molar-refractivity contribution in [2.75, 3.05) is 6.54 Å². The summed E-state index contributed by atoms with van der Waals surface area (Å²) in [6, 6.07) is -1.88. The van der Waals surface area contributed by atoms with E-state index in [2.05, 4.69) is 17.6 Å². The fourth-order valence-corrected chi connectivity index (χ4v) is 1.61. The quantitative estimate of drug-likeness (QED) is 0.402. The Kier molecular flexibility index (Phi) is 9.38. The lowest BCUT2D eigenvalue weighted by Gasteiger charge is -2.23. The highest BCUT2D eigenvalue weighted by molar-refractivity contribution is 5.85. The summed E-state index contributed by atoms with van der Waals surface area (Å²) in [7, 11) is 0. The van der Waals surface area contributed by atoms with Gasteiger partial charge in [-0.15, -0.1) is 0 Å². The first-order valence-electron chi connectivity index (χ1n) is 6.71. The number of rotatable bonds is 10. The fourth-order valence-electron chi connectivity index (χ4n) is 1.61. The van der Waals surface area contributed by atoms with Crippen LogP contribution in [0.4, 0.5) is 0 Å².